The summed E-state index contributed by atoms with van der Waals surface area (Å²) in [6.07, 6.45) is 7.27. The van der Waals surface area contributed by atoms with Crippen LogP contribution in [0.3, 0.4) is 0 Å². The lowest BCUT2D eigenvalue weighted by Gasteiger charge is -2.27. The lowest BCUT2D eigenvalue weighted by molar-refractivity contribution is -0.129. The summed E-state index contributed by atoms with van der Waals surface area (Å²) >= 11 is 6.25. The normalized spacial score (nSPS) is 14.4. The molecular weight excluding hydrogens is 562 g/mol. The number of carbonyl (C=O) groups excluding carboxylic acids is 2. The highest BCUT2D eigenvalue weighted by atomic mass is 35.5. The van der Waals surface area contributed by atoms with Gasteiger partial charge in [-0.3, -0.25) is 14.5 Å². The average molecular weight is 596 g/mol. The Kier molecular flexibility index (Phi) is 8.49. The molecule has 3 aromatic carbocycles. The number of aromatic amines is 2. The molecule has 0 radical (unpaired) electrons. The van der Waals surface area contributed by atoms with Crippen molar-refractivity contribution < 1.29 is 14.3 Å². The molecule has 1 unspecified atom stereocenters. The van der Waals surface area contributed by atoms with Crippen LogP contribution in [0.1, 0.15) is 23.1 Å². The number of halogens is 1. The molecule has 0 saturated carbocycles. The van der Waals surface area contributed by atoms with Crippen LogP contribution in [0.15, 0.2) is 85.2 Å². The van der Waals surface area contributed by atoms with Crippen molar-refractivity contribution in [1.29, 1.82) is 0 Å². The average Bonchev–Trinajstić information content (AvgIpc) is 3.64. The molecule has 0 saturated heterocycles. The van der Waals surface area contributed by atoms with Crippen LogP contribution in [-0.2, 0) is 22.6 Å². The Morgan fingerprint density at radius 3 is 2.60 bits per heavy atom. The van der Waals surface area contributed by atoms with E-state index in [9.17, 15) is 9.59 Å². The number of benzene rings is 3. The van der Waals surface area contributed by atoms with Gasteiger partial charge in [-0.05, 0) is 47.9 Å². The van der Waals surface area contributed by atoms with Gasteiger partial charge in [-0.25, -0.2) is 0 Å². The van der Waals surface area contributed by atoms with E-state index in [1.165, 1.54) is 5.57 Å². The number of carbonyl (C=O) groups is 2. The number of para-hydroxylation sites is 2. The van der Waals surface area contributed by atoms with Gasteiger partial charge in [0, 0.05) is 76.4 Å². The van der Waals surface area contributed by atoms with Crippen molar-refractivity contribution in [2.75, 3.05) is 26.7 Å². The van der Waals surface area contributed by atoms with Crippen LogP contribution in [-0.4, -0.2) is 59.5 Å². The summed E-state index contributed by atoms with van der Waals surface area (Å²) in [5, 5.41) is 8.87. The van der Waals surface area contributed by atoms with E-state index in [4.69, 9.17) is 16.3 Å². The predicted octanol–water partition coefficient (Wildman–Crippen LogP) is 5.44. The number of ether oxygens (including phenoxy) is 1. The summed E-state index contributed by atoms with van der Waals surface area (Å²) in [5.41, 5.74) is 6.25. The minimum absolute atomic E-state index is 0.187. The molecule has 1 aliphatic rings. The number of hydrogen-bond acceptors (Lipinski definition) is 4. The van der Waals surface area contributed by atoms with Gasteiger partial charge in [0.1, 0.15) is 11.8 Å². The van der Waals surface area contributed by atoms with E-state index in [0.29, 0.717) is 30.3 Å². The lowest BCUT2D eigenvalue weighted by Crippen LogP contribution is -2.50. The van der Waals surface area contributed by atoms with Gasteiger partial charge >= 0.3 is 0 Å². The fourth-order valence-electron chi connectivity index (χ4n) is 5.79. The Morgan fingerprint density at radius 2 is 1.77 bits per heavy atom. The zero-order valence-electron chi connectivity index (χ0n) is 24.0. The summed E-state index contributed by atoms with van der Waals surface area (Å²) < 4.78 is 5.44. The van der Waals surface area contributed by atoms with Crippen molar-refractivity contribution >= 4 is 50.8 Å². The Balaban J connectivity index is 1.13. The number of hydrogen-bond donors (Lipinski definition) is 4. The number of fused-ring (bicyclic) bond motifs is 2. The van der Waals surface area contributed by atoms with Gasteiger partial charge in [0.05, 0.1) is 13.7 Å². The Morgan fingerprint density at radius 1 is 0.977 bits per heavy atom. The Labute approximate surface area is 255 Å². The van der Waals surface area contributed by atoms with Gasteiger partial charge in [-0.1, -0.05) is 54.1 Å². The zero-order chi connectivity index (χ0) is 29.8. The Bertz CT molecular complexity index is 1810. The maximum Gasteiger partial charge on any atom is 0.243 e. The summed E-state index contributed by atoms with van der Waals surface area (Å²) in [6.45, 7) is 1.87. The molecule has 43 heavy (non-hydrogen) atoms. The molecule has 2 amide bonds. The van der Waals surface area contributed by atoms with Crippen molar-refractivity contribution in [3.8, 4) is 5.75 Å². The van der Waals surface area contributed by atoms with Crippen LogP contribution in [0, 0.1) is 0 Å². The molecule has 9 heteroatoms. The molecular formula is C34H34ClN5O3. The minimum Gasteiger partial charge on any atom is -0.496 e. The third kappa shape index (κ3) is 6.45. The van der Waals surface area contributed by atoms with E-state index in [-0.39, 0.29) is 18.4 Å². The first-order chi connectivity index (χ1) is 21.0. The SMILES string of the molecule is COc1ccccc1CNC(=O)C(Cc1c[nH]c2ccccc12)NC(=O)CN1CC=C(c2c[nH]c3ccc(Cl)cc23)CC1. The second-order valence-electron chi connectivity index (χ2n) is 10.8. The first-order valence-electron chi connectivity index (χ1n) is 14.4. The summed E-state index contributed by atoms with van der Waals surface area (Å²) in [6, 6.07) is 20.6. The number of aromatic nitrogens is 2. The molecule has 0 aliphatic carbocycles. The number of nitrogens with one attached hydrogen (secondary N) is 4. The number of rotatable bonds is 10. The third-order valence-electron chi connectivity index (χ3n) is 8.05. The molecule has 5 aromatic rings. The van der Waals surface area contributed by atoms with Crippen molar-refractivity contribution in [2.45, 2.75) is 25.4 Å². The van der Waals surface area contributed by atoms with E-state index in [0.717, 1.165) is 51.5 Å². The first-order valence-corrected chi connectivity index (χ1v) is 14.8. The van der Waals surface area contributed by atoms with Gasteiger partial charge in [0.15, 0.2) is 0 Å². The van der Waals surface area contributed by atoms with Gasteiger partial charge in [0.25, 0.3) is 0 Å². The zero-order valence-corrected chi connectivity index (χ0v) is 24.7. The lowest BCUT2D eigenvalue weighted by atomic mass is 9.99. The smallest absolute Gasteiger partial charge is 0.243 e. The summed E-state index contributed by atoms with van der Waals surface area (Å²) in [4.78, 5) is 35.5. The number of H-pyrrole nitrogens is 2. The molecule has 1 aliphatic heterocycles. The molecule has 3 heterocycles. The molecule has 2 aromatic heterocycles. The van der Waals surface area contributed by atoms with Gasteiger partial charge in [0.2, 0.25) is 11.8 Å². The molecule has 0 bridgehead atoms. The van der Waals surface area contributed by atoms with Gasteiger partial charge in [-0.15, -0.1) is 0 Å². The van der Waals surface area contributed by atoms with E-state index < -0.39 is 6.04 Å². The topological polar surface area (TPSA) is 102 Å². The highest BCUT2D eigenvalue weighted by Gasteiger charge is 2.25. The largest absolute Gasteiger partial charge is 0.496 e. The van der Waals surface area contributed by atoms with E-state index in [1.54, 1.807) is 7.11 Å². The predicted molar refractivity (Wildman–Crippen MR) is 171 cm³/mol. The number of methoxy groups -OCH3 is 1. The second kappa shape index (κ2) is 12.8. The molecule has 1 atom stereocenters. The van der Waals surface area contributed by atoms with Crippen LogP contribution >= 0.6 is 11.6 Å². The standard InChI is InChI=1S/C34H34ClN5O3/c1-43-32-9-5-2-6-23(32)18-38-34(42)31(16-24-19-36-29-8-4-3-7-26(24)29)39-33(41)21-40-14-12-22(13-15-40)28-20-37-30-11-10-25(35)17-27(28)30/h2-12,17,19-20,31,36-37H,13-16,18,21H2,1H3,(H,38,42)(H,39,41). The van der Waals surface area contributed by atoms with Crippen LogP contribution in [0.4, 0.5) is 0 Å². The molecule has 6 rings (SSSR count). The maximum absolute atomic E-state index is 13.5. The quantitative estimate of drug-likeness (QED) is 0.173. The molecule has 4 N–H and O–H groups in total. The fraction of sp³-hybridized carbons (Fsp3) is 0.235. The number of nitrogens with zero attached hydrogens (tertiary/aromatic N) is 1. The third-order valence-corrected chi connectivity index (χ3v) is 8.28. The van der Waals surface area contributed by atoms with E-state index >= 15 is 0 Å². The van der Waals surface area contributed by atoms with Crippen molar-refractivity contribution in [1.82, 2.24) is 25.5 Å². The van der Waals surface area contributed by atoms with E-state index in [1.807, 2.05) is 79.1 Å². The van der Waals surface area contributed by atoms with Crippen LogP contribution in [0.2, 0.25) is 5.02 Å². The van der Waals surface area contributed by atoms with Gasteiger partial charge < -0.3 is 25.3 Å². The first kappa shape index (κ1) is 28.6. The van der Waals surface area contributed by atoms with E-state index in [2.05, 4.69) is 31.6 Å². The minimum atomic E-state index is -0.742. The van der Waals surface area contributed by atoms with Crippen molar-refractivity contribution in [3.05, 3.63) is 107 Å². The van der Waals surface area contributed by atoms with Crippen LogP contribution in [0.5, 0.6) is 5.75 Å². The maximum atomic E-state index is 13.5. The highest BCUT2D eigenvalue weighted by molar-refractivity contribution is 6.31. The van der Waals surface area contributed by atoms with Crippen LogP contribution in [0.25, 0.3) is 27.4 Å². The molecule has 8 nitrogen and oxygen atoms in total. The van der Waals surface area contributed by atoms with Gasteiger partial charge in [-0.2, -0.15) is 0 Å². The number of amides is 2. The second-order valence-corrected chi connectivity index (χ2v) is 11.3. The summed E-state index contributed by atoms with van der Waals surface area (Å²) in [5.74, 6) is 0.268. The fourth-order valence-corrected chi connectivity index (χ4v) is 5.96. The summed E-state index contributed by atoms with van der Waals surface area (Å²) in [7, 11) is 1.61. The molecule has 0 fully saturated rings. The Hall–Kier alpha value is -4.53. The van der Waals surface area contributed by atoms with Crippen molar-refractivity contribution in [3.63, 3.8) is 0 Å². The molecule has 220 valence electrons. The molecule has 0 spiro atoms. The monoisotopic (exact) mass is 595 g/mol. The van der Waals surface area contributed by atoms with Crippen LogP contribution < -0.4 is 15.4 Å². The highest BCUT2D eigenvalue weighted by Crippen LogP contribution is 2.31. The van der Waals surface area contributed by atoms with Crippen molar-refractivity contribution in [2.24, 2.45) is 0 Å².